The standard InChI is InChI=1S/C11H16N2O3/c1-3-12(9(2)8-14)10-4-6-11(7-5-10)13(15)16/h4-7,9,14H,3,8H2,1-2H3. The molecular weight excluding hydrogens is 208 g/mol. The second-order valence-electron chi connectivity index (χ2n) is 3.59. The number of benzene rings is 1. The molecule has 0 saturated heterocycles. The first kappa shape index (κ1) is 12.4. The van der Waals surface area contributed by atoms with Gasteiger partial charge >= 0.3 is 0 Å². The third-order valence-corrected chi connectivity index (χ3v) is 2.53. The number of nitrogens with zero attached hydrogens (tertiary/aromatic N) is 2. The average molecular weight is 224 g/mol. The molecule has 0 aliphatic rings. The number of rotatable bonds is 5. The van der Waals surface area contributed by atoms with E-state index in [9.17, 15) is 10.1 Å². The molecule has 1 N–H and O–H groups in total. The summed E-state index contributed by atoms with van der Waals surface area (Å²) in [5.74, 6) is 0. The predicted molar refractivity (Wildman–Crippen MR) is 62.7 cm³/mol. The van der Waals surface area contributed by atoms with Crippen molar-refractivity contribution in [2.75, 3.05) is 18.1 Å². The van der Waals surface area contributed by atoms with Gasteiger partial charge in [-0.25, -0.2) is 0 Å². The van der Waals surface area contributed by atoms with Crippen molar-refractivity contribution in [3.8, 4) is 0 Å². The summed E-state index contributed by atoms with van der Waals surface area (Å²) in [4.78, 5) is 12.1. The summed E-state index contributed by atoms with van der Waals surface area (Å²) in [7, 11) is 0. The summed E-state index contributed by atoms with van der Waals surface area (Å²) >= 11 is 0. The fourth-order valence-electron chi connectivity index (χ4n) is 1.61. The molecule has 1 aromatic carbocycles. The van der Waals surface area contributed by atoms with Crippen molar-refractivity contribution >= 4 is 11.4 Å². The summed E-state index contributed by atoms with van der Waals surface area (Å²) in [6.45, 7) is 4.70. The lowest BCUT2D eigenvalue weighted by atomic mass is 10.2. The Labute approximate surface area is 94.5 Å². The van der Waals surface area contributed by atoms with E-state index in [-0.39, 0.29) is 18.3 Å². The molecule has 0 aliphatic heterocycles. The lowest BCUT2D eigenvalue weighted by Crippen LogP contribution is -2.35. The molecule has 5 heteroatoms. The van der Waals surface area contributed by atoms with Crippen molar-refractivity contribution in [3.63, 3.8) is 0 Å². The second-order valence-corrected chi connectivity index (χ2v) is 3.59. The summed E-state index contributed by atoms with van der Waals surface area (Å²) < 4.78 is 0. The zero-order valence-electron chi connectivity index (χ0n) is 9.46. The number of non-ortho nitro benzene ring substituents is 1. The molecule has 1 aromatic rings. The summed E-state index contributed by atoms with van der Waals surface area (Å²) in [6, 6.07) is 6.36. The molecule has 5 nitrogen and oxygen atoms in total. The first-order valence-electron chi connectivity index (χ1n) is 5.22. The van der Waals surface area contributed by atoms with Crippen molar-refractivity contribution in [1.29, 1.82) is 0 Å². The molecule has 88 valence electrons. The number of hydrogen-bond donors (Lipinski definition) is 1. The topological polar surface area (TPSA) is 66.6 Å². The minimum Gasteiger partial charge on any atom is -0.394 e. The predicted octanol–water partition coefficient (Wildman–Crippen LogP) is 1.80. The lowest BCUT2D eigenvalue weighted by Gasteiger charge is -2.28. The van der Waals surface area contributed by atoms with Gasteiger partial charge in [0.1, 0.15) is 0 Å². The second kappa shape index (κ2) is 5.46. The minimum atomic E-state index is -0.421. The molecule has 0 amide bonds. The van der Waals surface area contributed by atoms with Gasteiger partial charge in [0.05, 0.1) is 11.5 Å². The van der Waals surface area contributed by atoms with Crippen LogP contribution in [0.3, 0.4) is 0 Å². The lowest BCUT2D eigenvalue weighted by molar-refractivity contribution is -0.384. The molecule has 0 bridgehead atoms. The van der Waals surface area contributed by atoms with Crippen LogP contribution in [0.15, 0.2) is 24.3 Å². The molecule has 1 unspecified atom stereocenters. The van der Waals surface area contributed by atoms with E-state index in [2.05, 4.69) is 0 Å². The fraction of sp³-hybridized carbons (Fsp3) is 0.455. The molecule has 0 spiro atoms. The Morgan fingerprint density at radius 2 is 2.00 bits per heavy atom. The van der Waals surface area contributed by atoms with Crippen LogP contribution < -0.4 is 4.90 Å². The molecule has 0 radical (unpaired) electrons. The maximum atomic E-state index is 10.5. The summed E-state index contributed by atoms with van der Waals surface area (Å²) in [5, 5.41) is 19.6. The Bertz CT molecular complexity index is 351. The smallest absolute Gasteiger partial charge is 0.269 e. The summed E-state index contributed by atoms with van der Waals surface area (Å²) in [5.41, 5.74) is 0.964. The monoisotopic (exact) mass is 224 g/mol. The molecule has 1 rings (SSSR count). The summed E-state index contributed by atoms with van der Waals surface area (Å²) in [6.07, 6.45) is 0. The number of aliphatic hydroxyl groups is 1. The van der Waals surface area contributed by atoms with Gasteiger partial charge in [0.15, 0.2) is 0 Å². The van der Waals surface area contributed by atoms with Crippen molar-refractivity contribution in [3.05, 3.63) is 34.4 Å². The average Bonchev–Trinajstić information content (AvgIpc) is 2.30. The first-order valence-corrected chi connectivity index (χ1v) is 5.22. The van der Waals surface area contributed by atoms with Crippen LogP contribution in [-0.2, 0) is 0 Å². The van der Waals surface area contributed by atoms with Crippen molar-refractivity contribution in [2.45, 2.75) is 19.9 Å². The maximum Gasteiger partial charge on any atom is 0.269 e. The highest BCUT2D eigenvalue weighted by molar-refractivity contribution is 5.51. The zero-order valence-corrected chi connectivity index (χ0v) is 9.46. The zero-order chi connectivity index (χ0) is 12.1. The highest BCUT2D eigenvalue weighted by Gasteiger charge is 2.13. The molecule has 16 heavy (non-hydrogen) atoms. The SMILES string of the molecule is CCN(c1ccc([N+](=O)[O-])cc1)C(C)CO. The number of nitro groups is 1. The Morgan fingerprint density at radius 3 is 2.38 bits per heavy atom. The van der Waals surface area contributed by atoms with Crippen LogP contribution in [0, 0.1) is 10.1 Å². The highest BCUT2D eigenvalue weighted by atomic mass is 16.6. The van der Waals surface area contributed by atoms with Crippen molar-refractivity contribution in [2.24, 2.45) is 0 Å². The number of likely N-dealkylation sites (N-methyl/N-ethyl adjacent to an activating group) is 1. The van der Waals surface area contributed by atoms with Crippen LogP contribution in [-0.4, -0.2) is 29.2 Å². The first-order chi connectivity index (χ1) is 7.60. The van der Waals surface area contributed by atoms with Crippen LogP contribution in [0.2, 0.25) is 0 Å². The van der Waals surface area contributed by atoms with Crippen LogP contribution in [0.5, 0.6) is 0 Å². The Morgan fingerprint density at radius 1 is 1.44 bits per heavy atom. The number of nitro benzene ring substituents is 1. The number of anilines is 1. The van der Waals surface area contributed by atoms with E-state index < -0.39 is 4.92 Å². The molecule has 0 heterocycles. The van der Waals surface area contributed by atoms with E-state index in [1.165, 1.54) is 12.1 Å². The van der Waals surface area contributed by atoms with E-state index in [1.54, 1.807) is 12.1 Å². The number of aliphatic hydroxyl groups excluding tert-OH is 1. The highest BCUT2D eigenvalue weighted by Crippen LogP contribution is 2.20. The minimum absolute atomic E-state index is 0.00598. The van der Waals surface area contributed by atoms with Gasteiger partial charge in [0.25, 0.3) is 5.69 Å². The van der Waals surface area contributed by atoms with Gasteiger partial charge in [-0.1, -0.05) is 0 Å². The molecular formula is C11H16N2O3. The maximum absolute atomic E-state index is 10.5. The van der Waals surface area contributed by atoms with Crippen molar-refractivity contribution in [1.82, 2.24) is 0 Å². The van der Waals surface area contributed by atoms with Gasteiger partial charge in [0.2, 0.25) is 0 Å². The van der Waals surface area contributed by atoms with E-state index in [0.717, 1.165) is 12.2 Å². The normalized spacial score (nSPS) is 12.2. The molecule has 0 aromatic heterocycles. The number of hydrogen-bond acceptors (Lipinski definition) is 4. The van der Waals surface area contributed by atoms with Gasteiger partial charge in [-0.15, -0.1) is 0 Å². The third-order valence-electron chi connectivity index (χ3n) is 2.53. The molecule has 0 aliphatic carbocycles. The van der Waals surface area contributed by atoms with Crippen LogP contribution in [0.1, 0.15) is 13.8 Å². The Hall–Kier alpha value is -1.62. The third kappa shape index (κ3) is 2.70. The Balaban J connectivity index is 2.90. The Kier molecular flexibility index (Phi) is 4.25. The van der Waals surface area contributed by atoms with Crippen LogP contribution >= 0.6 is 0 Å². The molecule has 0 fully saturated rings. The van der Waals surface area contributed by atoms with Gasteiger partial charge < -0.3 is 10.0 Å². The molecule has 0 saturated carbocycles. The van der Waals surface area contributed by atoms with Crippen LogP contribution in [0.25, 0.3) is 0 Å². The van der Waals surface area contributed by atoms with Crippen LogP contribution in [0.4, 0.5) is 11.4 Å². The molecule has 1 atom stereocenters. The van der Waals surface area contributed by atoms with E-state index in [4.69, 9.17) is 5.11 Å². The van der Waals surface area contributed by atoms with E-state index in [1.807, 2.05) is 18.7 Å². The van der Waals surface area contributed by atoms with Gasteiger partial charge in [-0.05, 0) is 26.0 Å². The fourth-order valence-corrected chi connectivity index (χ4v) is 1.61. The van der Waals surface area contributed by atoms with Gasteiger partial charge in [-0.2, -0.15) is 0 Å². The van der Waals surface area contributed by atoms with E-state index in [0.29, 0.717) is 0 Å². The quantitative estimate of drug-likeness (QED) is 0.611. The largest absolute Gasteiger partial charge is 0.394 e. The van der Waals surface area contributed by atoms with Gasteiger partial charge in [0, 0.05) is 30.4 Å². The van der Waals surface area contributed by atoms with Crippen molar-refractivity contribution < 1.29 is 10.0 Å². The van der Waals surface area contributed by atoms with E-state index >= 15 is 0 Å². The van der Waals surface area contributed by atoms with Gasteiger partial charge in [-0.3, -0.25) is 10.1 Å².